The Hall–Kier alpha value is -2.86. The molecule has 4 aromatic rings. The Labute approximate surface area is 152 Å². The first-order valence-electron chi connectivity index (χ1n) is 7.65. The van der Waals surface area contributed by atoms with Gasteiger partial charge in [-0.05, 0) is 42.5 Å². The highest BCUT2D eigenvalue weighted by molar-refractivity contribution is 9.10. The molecule has 0 atom stereocenters. The molecular weight excluding hydrogens is 382 g/mol. The minimum atomic E-state index is 0.678. The van der Waals surface area contributed by atoms with Crippen LogP contribution < -0.4 is 4.74 Å². The lowest BCUT2D eigenvalue weighted by atomic mass is 10.2. The standard InChI is InChI=1S/C19H14BrN3O2/c1-24-15-8-7-14(20)11-13(15)12-21-19-18(16-5-4-10-25-16)22-17-6-2-3-9-23(17)19/h2-12H,1H3. The van der Waals surface area contributed by atoms with Gasteiger partial charge in [0.15, 0.2) is 17.3 Å². The second-order valence-electron chi connectivity index (χ2n) is 5.33. The number of hydrogen-bond acceptors (Lipinski definition) is 4. The van der Waals surface area contributed by atoms with E-state index in [0.29, 0.717) is 17.3 Å². The molecule has 0 fully saturated rings. The summed E-state index contributed by atoms with van der Waals surface area (Å²) in [5, 5.41) is 0. The van der Waals surface area contributed by atoms with Crippen molar-refractivity contribution in [2.45, 2.75) is 0 Å². The van der Waals surface area contributed by atoms with E-state index in [9.17, 15) is 0 Å². The van der Waals surface area contributed by atoms with Crippen molar-refractivity contribution in [1.82, 2.24) is 9.38 Å². The van der Waals surface area contributed by atoms with Gasteiger partial charge in [-0.3, -0.25) is 4.40 Å². The van der Waals surface area contributed by atoms with Gasteiger partial charge in [-0.25, -0.2) is 9.98 Å². The van der Waals surface area contributed by atoms with E-state index in [4.69, 9.17) is 9.15 Å². The molecule has 3 aromatic heterocycles. The third-order valence-electron chi connectivity index (χ3n) is 3.78. The number of ether oxygens (including phenoxy) is 1. The number of halogens is 1. The Bertz CT molecular complexity index is 1050. The lowest BCUT2D eigenvalue weighted by Crippen LogP contribution is -1.91. The summed E-state index contributed by atoms with van der Waals surface area (Å²) < 4.78 is 13.8. The fourth-order valence-electron chi connectivity index (χ4n) is 2.62. The smallest absolute Gasteiger partial charge is 0.168 e. The van der Waals surface area contributed by atoms with Gasteiger partial charge in [-0.1, -0.05) is 22.0 Å². The molecule has 5 nitrogen and oxygen atoms in total. The fourth-order valence-corrected chi connectivity index (χ4v) is 3.00. The first-order valence-corrected chi connectivity index (χ1v) is 8.44. The fraction of sp³-hybridized carbons (Fsp3) is 0.0526. The molecule has 124 valence electrons. The zero-order valence-electron chi connectivity index (χ0n) is 13.4. The SMILES string of the molecule is COc1ccc(Br)cc1C=Nc1c(-c2ccco2)nc2ccccn12. The van der Waals surface area contributed by atoms with Crippen LogP contribution >= 0.6 is 15.9 Å². The van der Waals surface area contributed by atoms with Crippen molar-refractivity contribution in [3.05, 3.63) is 71.0 Å². The monoisotopic (exact) mass is 395 g/mol. The number of nitrogens with zero attached hydrogens (tertiary/aromatic N) is 3. The number of aliphatic imine (C=N–C) groups is 1. The molecule has 0 spiro atoms. The maximum absolute atomic E-state index is 5.52. The van der Waals surface area contributed by atoms with Crippen molar-refractivity contribution in [3.8, 4) is 17.2 Å². The van der Waals surface area contributed by atoms with E-state index in [-0.39, 0.29) is 0 Å². The van der Waals surface area contributed by atoms with Crippen LogP contribution in [0.5, 0.6) is 5.75 Å². The van der Waals surface area contributed by atoms with Crippen LogP contribution in [0.1, 0.15) is 5.56 Å². The van der Waals surface area contributed by atoms with Crippen molar-refractivity contribution < 1.29 is 9.15 Å². The topological polar surface area (TPSA) is 52.0 Å². The highest BCUT2D eigenvalue weighted by Gasteiger charge is 2.15. The third-order valence-corrected chi connectivity index (χ3v) is 4.27. The summed E-state index contributed by atoms with van der Waals surface area (Å²) in [6.07, 6.45) is 5.33. The van der Waals surface area contributed by atoms with Gasteiger partial charge in [0.1, 0.15) is 11.4 Å². The van der Waals surface area contributed by atoms with Gasteiger partial charge in [0.05, 0.1) is 13.4 Å². The van der Waals surface area contributed by atoms with Crippen molar-refractivity contribution in [3.63, 3.8) is 0 Å². The molecule has 0 bridgehead atoms. The molecule has 0 radical (unpaired) electrons. The molecule has 3 heterocycles. The molecule has 0 aliphatic carbocycles. The highest BCUT2D eigenvalue weighted by Crippen LogP contribution is 2.31. The number of methoxy groups -OCH3 is 1. The Morgan fingerprint density at radius 2 is 2.12 bits per heavy atom. The molecule has 0 saturated carbocycles. The maximum atomic E-state index is 5.52. The van der Waals surface area contributed by atoms with Gasteiger partial charge < -0.3 is 9.15 Å². The molecule has 6 heteroatoms. The van der Waals surface area contributed by atoms with Crippen molar-refractivity contribution >= 4 is 33.6 Å². The largest absolute Gasteiger partial charge is 0.496 e. The van der Waals surface area contributed by atoms with Crippen LogP contribution in [0.2, 0.25) is 0 Å². The quantitative estimate of drug-likeness (QED) is 0.450. The van der Waals surface area contributed by atoms with Gasteiger partial charge in [-0.15, -0.1) is 0 Å². The number of fused-ring (bicyclic) bond motifs is 1. The van der Waals surface area contributed by atoms with Crippen LogP contribution in [0.4, 0.5) is 5.82 Å². The number of hydrogen-bond donors (Lipinski definition) is 0. The predicted octanol–water partition coefficient (Wildman–Crippen LogP) is 5.12. The normalized spacial score (nSPS) is 11.4. The first-order chi connectivity index (χ1) is 12.3. The Balaban J connectivity index is 1.86. The Kier molecular flexibility index (Phi) is 4.11. The van der Waals surface area contributed by atoms with Crippen LogP contribution in [-0.2, 0) is 0 Å². The van der Waals surface area contributed by atoms with Crippen LogP contribution in [0.3, 0.4) is 0 Å². The molecule has 0 unspecified atom stereocenters. The Morgan fingerprint density at radius 3 is 2.92 bits per heavy atom. The summed E-state index contributed by atoms with van der Waals surface area (Å²) in [7, 11) is 1.64. The summed E-state index contributed by atoms with van der Waals surface area (Å²) in [6.45, 7) is 0. The molecule has 1 aromatic carbocycles. The van der Waals surface area contributed by atoms with Crippen LogP contribution in [0, 0.1) is 0 Å². The average Bonchev–Trinajstić information content (AvgIpc) is 3.27. The molecule has 0 amide bonds. The summed E-state index contributed by atoms with van der Waals surface area (Å²) in [5.74, 6) is 2.13. The van der Waals surface area contributed by atoms with Crippen LogP contribution in [0.25, 0.3) is 17.1 Å². The minimum Gasteiger partial charge on any atom is -0.496 e. The van der Waals surface area contributed by atoms with Gasteiger partial charge in [0.2, 0.25) is 0 Å². The van der Waals surface area contributed by atoms with Gasteiger partial charge >= 0.3 is 0 Å². The molecule has 0 aliphatic rings. The van der Waals surface area contributed by atoms with Crippen molar-refractivity contribution in [2.75, 3.05) is 7.11 Å². The predicted molar refractivity (Wildman–Crippen MR) is 101 cm³/mol. The van der Waals surface area contributed by atoms with E-state index in [0.717, 1.165) is 21.4 Å². The van der Waals surface area contributed by atoms with Gasteiger partial charge in [-0.2, -0.15) is 0 Å². The second kappa shape index (κ2) is 6.57. The molecule has 25 heavy (non-hydrogen) atoms. The number of furan rings is 1. The zero-order chi connectivity index (χ0) is 17.2. The van der Waals surface area contributed by atoms with E-state index in [1.807, 2.05) is 59.1 Å². The summed E-state index contributed by atoms with van der Waals surface area (Å²) in [4.78, 5) is 9.33. The van der Waals surface area contributed by atoms with Crippen LogP contribution in [0.15, 0.2) is 74.9 Å². The molecule has 4 rings (SSSR count). The first kappa shape index (κ1) is 15.7. The number of benzene rings is 1. The molecule has 0 saturated heterocycles. The number of rotatable bonds is 4. The lowest BCUT2D eigenvalue weighted by molar-refractivity contribution is 0.414. The zero-order valence-corrected chi connectivity index (χ0v) is 15.0. The number of pyridine rings is 1. The molecule has 0 N–H and O–H groups in total. The average molecular weight is 396 g/mol. The van der Waals surface area contributed by atoms with Gasteiger partial charge in [0, 0.05) is 22.4 Å². The van der Waals surface area contributed by atoms with Crippen LogP contribution in [-0.4, -0.2) is 22.7 Å². The maximum Gasteiger partial charge on any atom is 0.168 e. The Morgan fingerprint density at radius 1 is 1.20 bits per heavy atom. The number of imidazole rings is 1. The summed E-state index contributed by atoms with van der Waals surface area (Å²) >= 11 is 3.48. The summed E-state index contributed by atoms with van der Waals surface area (Å²) in [6, 6.07) is 15.3. The van der Waals surface area contributed by atoms with E-state index in [1.54, 1.807) is 19.6 Å². The second-order valence-corrected chi connectivity index (χ2v) is 6.25. The number of aromatic nitrogens is 2. The van der Waals surface area contributed by atoms with E-state index < -0.39 is 0 Å². The van der Waals surface area contributed by atoms with Crippen molar-refractivity contribution in [1.29, 1.82) is 0 Å². The van der Waals surface area contributed by atoms with E-state index >= 15 is 0 Å². The lowest BCUT2D eigenvalue weighted by Gasteiger charge is -2.04. The summed E-state index contributed by atoms with van der Waals surface area (Å²) in [5.41, 5.74) is 2.37. The highest BCUT2D eigenvalue weighted by atomic mass is 79.9. The van der Waals surface area contributed by atoms with E-state index in [2.05, 4.69) is 25.9 Å². The minimum absolute atomic E-state index is 0.678. The third kappa shape index (κ3) is 2.96. The molecular formula is C19H14BrN3O2. The van der Waals surface area contributed by atoms with E-state index in [1.165, 1.54) is 0 Å². The van der Waals surface area contributed by atoms with Crippen molar-refractivity contribution in [2.24, 2.45) is 4.99 Å². The molecule has 0 aliphatic heterocycles. The van der Waals surface area contributed by atoms with Gasteiger partial charge in [0.25, 0.3) is 0 Å².